The zero-order valence-corrected chi connectivity index (χ0v) is 15.9. The average Bonchev–Trinajstić information content (AvgIpc) is 2.60. The molecule has 2 N–H and O–H groups in total. The van der Waals surface area contributed by atoms with Crippen molar-refractivity contribution in [2.24, 2.45) is 11.3 Å². The zero-order valence-electron chi connectivity index (χ0n) is 15.9. The van der Waals surface area contributed by atoms with Crippen molar-refractivity contribution in [2.75, 3.05) is 6.54 Å². The molecule has 6 nitrogen and oxygen atoms in total. The number of rotatable bonds is 2. The minimum Gasteiger partial charge on any atom is -0.367 e. The molecule has 3 aliphatic rings. The Balaban J connectivity index is 1.90. The fourth-order valence-corrected chi connectivity index (χ4v) is 4.78. The Labute approximate surface area is 159 Å². The second-order valence-electron chi connectivity index (χ2n) is 8.42. The van der Waals surface area contributed by atoms with E-state index in [-0.39, 0.29) is 29.1 Å². The van der Waals surface area contributed by atoms with Gasteiger partial charge in [-0.25, -0.2) is 4.79 Å². The van der Waals surface area contributed by atoms with Gasteiger partial charge in [-0.05, 0) is 24.3 Å². The highest BCUT2D eigenvalue weighted by Crippen LogP contribution is 2.48. The first kappa shape index (κ1) is 17.8. The minimum absolute atomic E-state index is 0.0915. The SMILES string of the molecule is CCN1C(=O)NC(=O)C2C(c3ccccc3)C3=C(CC(C)(C)CC3=O)NC21. The van der Waals surface area contributed by atoms with Crippen molar-refractivity contribution in [1.29, 1.82) is 0 Å². The van der Waals surface area contributed by atoms with Crippen molar-refractivity contribution >= 4 is 17.7 Å². The van der Waals surface area contributed by atoms with Gasteiger partial charge in [-0.2, -0.15) is 0 Å². The monoisotopic (exact) mass is 367 g/mol. The molecule has 1 aliphatic carbocycles. The molecule has 2 heterocycles. The van der Waals surface area contributed by atoms with Gasteiger partial charge in [0, 0.05) is 30.2 Å². The van der Waals surface area contributed by atoms with Crippen molar-refractivity contribution in [3.05, 3.63) is 47.2 Å². The van der Waals surface area contributed by atoms with Crippen LogP contribution in [-0.4, -0.2) is 35.3 Å². The molecule has 0 spiro atoms. The van der Waals surface area contributed by atoms with Gasteiger partial charge < -0.3 is 10.2 Å². The van der Waals surface area contributed by atoms with Crippen LogP contribution in [0.15, 0.2) is 41.6 Å². The van der Waals surface area contributed by atoms with Crippen molar-refractivity contribution < 1.29 is 14.4 Å². The maximum atomic E-state index is 13.1. The van der Waals surface area contributed by atoms with Crippen molar-refractivity contribution in [2.45, 2.75) is 45.7 Å². The summed E-state index contributed by atoms with van der Waals surface area (Å²) in [6.07, 6.45) is 0.752. The number of benzene rings is 1. The first-order valence-electron chi connectivity index (χ1n) is 9.51. The normalized spacial score (nSPS) is 29.7. The van der Waals surface area contributed by atoms with Gasteiger partial charge in [0.1, 0.15) is 6.17 Å². The molecule has 0 aromatic heterocycles. The molecule has 3 unspecified atom stereocenters. The Morgan fingerprint density at radius 1 is 1.11 bits per heavy atom. The predicted octanol–water partition coefficient (Wildman–Crippen LogP) is 2.53. The van der Waals surface area contributed by atoms with Crippen LogP contribution < -0.4 is 10.6 Å². The van der Waals surface area contributed by atoms with E-state index in [1.807, 2.05) is 37.3 Å². The van der Waals surface area contributed by atoms with Crippen LogP contribution in [-0.2, 0) is 9.59 Å². The van der Waals surface area contributed by atoms with E-state index in [0.717, 1.165) is 17.7 Å². The molecule has 1 fully saturated rings. The minimum atomic E-state index is -0.533. The van der Waals surface area contributed by atoms with E-state index in [1.165, 1.54) is 0 Å². The second kappa shape index (κ2) is 6.22. The fourth-order valence-electron chi connectivity index (χ4n) is 4.78. The number of urea groups is 1. The summed E-state index contributed by atoms with van der Waals surface area (Å²) in [5.41, 5.74) is 2.39. The summed E-state index contributed by atoms with van der Waals surface area (Å²) in [5, 5.41) is 5.89. The smallest absolute Gasteiger partial charge is 0.325 e. The standard InChI is InChI=1S/C21H25N3O3/c1-4-24-18-17(19(26)23-20(24)27)15(12-8-6-5-7-9-12)16-13(22-18)10-21(2,3)11-14(16)25/h5-9,15,17-18,22H,4,10-11H2,1-3H3,(H,23,26,27). The lowest BCUT2D eigenvalue weighted by Gasteiger charge is -2.50. The molecular formula is C21H25N3O3. The molecular weight excluding hydrogens is 342 g/mol. The summed E-state index contributed by atoms with van der Waals surface area (Å²) in [6, 6.07) is 9.32. The number of nitrogens with one attached hydrogen (secondary N) is 2. The van der Waals surface area contributed by atoms with Gasteiger partial charge >= 0.3 is 6.03 Å². The molecule has 0 bridgehead atoms. The maximum absolute atomic E-state index is 13.1. The number of hydrogen-bond acceptors (Lipinski definition) is 4. The van der Waals surface area contributed by atoms with E-state index < -0.39 is 12.1 Å². The van der Waals surface area contributed by atoms with Crippen LogP contribution >= 0.6 is 0 Å². The number of Topliss-reactive ketones (excluding diaryl/α,β-unsaturated/α-hetero) is 1. The maximum Gasteiger partial charge on any atom is 0.325 e. The van der Waals surface area contributed by atoms with Gasteiger partial charge in [-0.3, -0.25) is 14.9 Å². The van der Waals surface area contributed by atoms with Crippen molar-refractivity contribution in [3.63, 3.8) is 0 Å². The molecule has 6 heteroatoms. The van der Waals surface area contributed by atoms with Gasteiger partial charge in [-0.15, -0.1) is 0 Å². The Morgan fingerprint density at radius 3 is 2.48 bits per heavy atom. The largest absolute Gasteiger partial charge is 0.367 e. The van der Waals surface area contributed by atoms with Crippen LogP contribution in [0.5, 0.6) is 0 Å². The Morgan fingerprint density at radius 2 is 1.81 bits per heavy atom. The topological polar surface area (TPSA) is 78.5 Å². The highest BCUT2D eigenvalue weighted by molar-refractivity contribution is 6.04. The van der Waals surface area contributed by atoms with Crippen molar-refractivity contribution in [1.82, 2.24) is 15.5 Å². The molecule has 27 heavy (non-hydrogen) atoms. The summed E-state index contributed by atoms with van der Waals surface area (Å²) in [7, 11) is 0. The summed E-state index contributed by atoms with van der Waals surface area (Å²) < 4.78 is 0. The first-order chi connectivity index (χ1) is 12.8. The summed E-state index contributed by atoms with van der Waals surface area (Å²) >= 11 is 0. The molecule has 3 atom stereocenters. The van der Waals surface area contributed by atoms with Gasteiger partial charge in [0.15, 0.2) is 5.78 Å². The number of hydrogen-bond donors (Lipinski definition) is 2. The summed E-state index contributed by atoms with van der Waals surface area (Å²) in [4.78, 5) is 40.0. The molecule has 4 rings (SSSR count). The van der Waals surface area contributed by atoms with Gasteiger partial charge in [-0.1, -0.05) is 44.2 Å². The molecule has 0 radical (unpaired) electrons. The Hall–Kier alpha value is -2.63. The molecule has 2 aliphatic heterocycles. The van der Waals surface area contributed by atoms with Crippen LogP contribution in [0.2, 0.25) is 0 Å². The molecule has 1 aromatic carbocycles. The number of carbonyl (C=O) groups excluding carboxylic acids is 3. The third-order valence-electron chi connectivity index (χ3n) is 5.88. The van der Waals surface area contributed by atoms with E-state index in [4.69, 9.17) is 0 Å². The van der Waals surface area contributed by atoms with Crippen molar-refractivity contribution in [3.8, 4) is 0 Å². The molecule has 0 saturated carbocycles. The number of carbonyl (C=O) groups is 3. The Kier molecular flexibility index (Phi) is 4.09. The van der Waals surface area contributed by atoms with E-state index in [9.17, 15) is 14.4 Å². The van der Waals surface area contributed by atoms with E-state index in [1.54, 1.807) is 4.90 Å². The lowest BCUT2D eigenvalue weighted by molar-refractivity contribution is -0.130. The molecule has 1 saturated heterocycles. The van der Waals surface area contributed by atoms with Crippen LogP contribution in [0, 0.1) is 11.3 Å². The summed E-state index contributed by atoms with van der Waals surface area (Å²) in [6.45, 7) is 6.53. The number of amides is 3. The van der Waals surface area contributed by atoms with Crippen LogP contribution in [0.25, 0.3) is 0 Å². The lowest BCUT2D eigenvalue weighted by Crippen LogP contribution is -2.68. The van der Waals surface area contributed by atoms with Crippen LogP contribution in [0.1, 0.15) is 45.1 Å². The number of imide groups is 1. The fraction of sp³-hybridized carbons (Fsp3) is 0.476. The quantitative estimate of drug-likeness (QED) is 0.842. The van der Waals surface area contributed by atoms with Gasteiger partial charge in [0.05, 0.1) is 5.92 Å². The average molecular weight is 367 g/mol. The van der Waals surface area contributed by atoms with Gasteiger partial charge in [0.2, 0.25) is 5.91 Å². The number of ketones is 1. The summed E-state index contributed by atoms with van der Waals surface area (Å²) in [5.74, 6) is -1.11. The third-order valence-corrected chi connectivity index (χ3v) is 5.88. The van der Waals surface area contributed by atoms with Crippen LogP contribution in [0.3, 0.4) is 0 Å². The third kappa shape index (κ3) is 2.83. The zero-order chi connectivity index (χ0) is 19.3. The highest BCUT2D eigenvalue weighted by atomic mass is 16.2. The molecule has 142 valence electrons. The van der Waals surface area contributed by atoms with E-state index in [2.05, 4.69) is 24.5 Å². The number of fused-ring (bicyclic) bond motifs is 1. The number of allylic oxidation sites excluding steroid dienone is 2. The first-order valence-corrected chi connectivity index (χ1v) is 9.51. The Bertz CT molecular complexity index is 843. The highest BCUT2D eigenvalue weighted by Gasteiger charge is 2.53. The van der Waals surface area contributed by atoms with E-state index in [0.29, 0.717) is 18.5 Å². The van der Waals surface area contributed by atoms with Gasteiger partial charge in [0.25, 0.3) is 0 Å². The predicted molar refractivity (Wildman–Crippen MR) is 101 cm³/mol. The second-order valence-corrected chi connectivity index (χ2v) is 8.42. The number of nitrogens with zero attached hydrogens (tertiary/aromatic N) is 1. The lowest BCUT2D eigenvalue weighted by atomic mass is 9.66. The molecule has 3 amide bonds. The van der Waals surface area contributed by atoms with Crippen LogP contribution in [0.4, 0.5) is 4.79 Å². The van der Waals surface area contributed by atoms with E-state index >= 15 is 0 Å². The molecule has 1 aromatic rings.